The predicted molar refractivity (Wildman–Crippen MR) is 96.9 cm³/mol. The van der Waals surface area contributed by atoms with Gasteiger partial charge in [0.1, 0.15) is 11.6 Å². The van der Waals surface area contributed by atoms with Crippen molar-refractivity contribution in [2.45, 2.75) is 6.54 Å². The number of rotatable bonds is 5. The average Bonchev–Trinajstić information content (AvgIpc) is 3.10. The molecule has 8 heteroatoms. The Hall–Kier alpha value is -3.81. The molecule has 0 atom stereocenters. The predicted octanol–water partition coefficient (Wildman–Crippen LogP) is 3.24. The van der Waals surface area contributed by atoms with E-state index in [1.54, 1.807) is 53.0 Å². The number of halogens is 1. The SMILES string of the molecule is O=C(O)c1ccccc1CNc1ccc2nnc(-c3ccc(F)cc3)n2n1. The Morgan fingerprint density at radius 3 is 2.59 bits per heavy atom. The summed E-state index contributed by atoms with van der Waals surface area (Å²) in [4.78, 5) is 11.3. The number of nitrogens with one attached hydrogen (secondary N) is 1. The highest BCUT2D eigenvalue weighted by Gasteiger charge is 2.12. The van der Waals surface area contributed by atoms with Crippen LogP contribution in [0.15, 0.2) is 60.7 Å². The zero-order valence-corrected chi connectivity index (χ0v) is 14.0. The molecule has 0 fully saturated rings. The lowest BCUT2D eigenvalue weighted by atomic mass is 10.1. The third-order valence-electron chi connectivity index (χ3n) is 4.07. The molecule has 0 aliphatic rings. The number of hydrogen-bond donors (Lipinski definition) is 2. The van der Waals surface area contributed by atoms with Crippen molar-refractivity contribution < 1.29 is 14.3 Å². The zero-order chi connectivity index (χ0) is 18.8. The van der Waals surface area contributed by atoms with Crippen LogP contribution in [-0.2, 0) is 6.54 Å². The molecule has 0 amide bonds. The maximum atomic E-state index is 13.1. The standard InChI is InChI=1S/C19H14FN5O2/c20-14-7-5-12(6-8-14)18-23-22-17-10-9-16(24-25(17)18)21-11-13-3-1-2-4-15(13)19(26)27/h1-10H,11H2,(H,21,24)(H,26,27). The maximum Gasteiger partial charge on any atom is 0.336 e. The molecular formula is C19H14FN5O2. The van der Waals surface area contributed by atoms with Gasteiger partial charge in [-0.1, -0.05) is 18.2 Å². The van der Waals surface area contributed by atoms with Crippen molar-refractivity contribution >= 4 is 17.4 Å². The van der Waals surface area contributed by atoms with E-state index in [4.69, 9.17) is 0 Å². The Kier molecular flexibility index (Phi) is 4.21. The van der Waals surface area contributed by atoms with Gasteiger partial charge in [0.25, 0.3) is 0 Å². The maximum absolute atomic E-state index is 13.1. The van der Waals surface area contributed by atoms with Crippen LogP contribution in [0.3, 0.4) is 0 Å². The summed E-state index contributed by atoms with van der Waals surface area (Å²) in [7, 11) is 0. The first-order valence-corrected chi connectivity index (χ1v) is 8.15. The van der Waals surface area contributed by atoms with E-state index in [0.29, 0.717) is 35.0 Å². The summed E-state index contributed by atoms with van der Waals surface area (Å²) in [5, 5.41) is 25.0. The molecule has 0 unspecified atom stereocenters. The van der Waals surface area contributed by atoms with Crippen LogP contribution in [0.4, 0.5) is 10.2 Å². The molecule has 0 saturated carbocycles. The van der Waals surface area contributed by atoms with Crippen molar-refractivity contribution in [1.82, 2.24) is 19.8 Å². The molecular weight excluding hydrogens is 349 g/mol. The second-order valence-corrected chi connectivity index (χ2v) is 5.83. The minimum atomic E-state index is -0.979. The lowest BCUT2D eigenvalue weighted by Crippen LogP contribution is -2.09. The molecule has 2 aromatic heterocycles. The van der Waals surface area contributed by atoms with Crippen LogP contribution in [0, 0.1) is 5.82 Å². The third-order valence-corrected chi connectivity index (χ3v) is 4.07. The van der Waals surface area contributed by atoms with Crippen molar-refractivity contribution in [3.8, 4) is 11.4 Å². The first kappa shape index (κ1) is 16.6. The normalized spacial score (nSPS) is 10.9. The smallest absolute Gasteiger partial charge is 0.336 e. The number of carbonyl (C=O) groups is 1. The number of carboxylic acid groups (broad SMARTS) is 1. The Labute approximate surface area is 153 Å². The van der Waals surface area contributed by atoms with Gasteiger partial charge in [0, 0.05) is 12.1 Å². The highest BCUT2D eigenvalue weighted by molar-refractivity contribution is 5.89. The number of aromatic carboxylic acids is 1. The fraction of sp³-hybridized carbons (Fsp3) is 0.0526. The van der Waals surface area contributed by atoms with Crippen molar-refractivity contribution in [2.24, 2.45) is 0 Å². The molecule has 7 nitrogen and oxygen atoms in total. The van der Waals surface area contributed by atoms with E-state index in [0.717, 1.165) is 0 Å². The van der Waals surface area contributed by atoms with E-state index in [1.807, 2.05) is 0 Å². The number of benzene rings is 2. The molecule has 2 aromatic carbocycles. The van der Waals surface area contributed by atoms with Crippen LogP contribution in [-0.4, -0.2) is 30.9 Å². The summed E-state index contributed by atoms with van der Waals surface area (Å²) in [6.07, 6.45) is 0. The van der Waals surface area contributed by atoms with Crippen molar-refractivity contribution in [2.75, 3.05) is 5.32 Å². The largest absolute Gasteiger partial charge is 0.478 e. The van der Waals surface area contributed by atoms with Crippen molar-refractivity contribution in [3.05, 3.63) is 77.6 Å². The second kappa shape index (κ2) is 6.83. The Morgan fingerprint density at radius 2 is 1.81 bits per heavy atom. The Bertz CT molecular complexity index is 1120. The fourth-order valence-electron chi connectivity index (χ4n) is 2.73. The zero-order valence-electron chi connectivity index (χ0n) is 14.0. The highest BCUT2D eigenvalue weighted by Crippen LogP contribution is 2.19. The van der Waals surface area contributed by atoms with Gasteiger partial charge in [0.2, 0.25) is 0 Å². The van der Waals surface area contributed by atoms with Crippen LogP contribution in [0.5, 0.6) is 0 Å². The van der Waals surface area contributed by atoms with Gasteiger partial charge in [-0.2, -0.15) is 4.52 Å². The number of carboxylic acids is 1. The summed E-state index contributed by atoms with van der Waals surface area (Å²) in [6, 6.07) is 16.2. The van der Waals surface area contributed by atoms with Crippen LogP contribution >= 0.6 is 0 Å². The van der Waals surface area contributed by atoms with Crippen molar-refractivity contribution in [3.63, 3.8) is 0 Å². The summed E-state index contributed by atoms with van der Waals surface area (Å²) < 4.78 is 14.7. The monoisotopic (exact) mass is 363 g/mol. The first-order valence-electron chi connectivity index (χ1n) is 8.15. The fourth-order valence-corrected chi connectivity index (χ4v) is 2.73. The topological polar surface area (TPSA) is 92.4 Å². The lowest BCUT2D eigenvalue weighted by Gasteiger charge is -2.09. The number of fused-ring (bicyclic) bond motifs is 1. The molecule has 4 rings (SSSR count). The van der Waals surface area contributed by atoms with E-state index in [9.17, 15) is 14.3 Å². The van der Waals surface area contributed by atoms with Gasteiger partial charge in [-0.25, -0.2) is 9.18 Å². The van der Waals surface area contributed by atoms with Gasteiger partial charge in [-0.05, 0) is 48.0 Å². The molecule has 0 bridgehead atoms. The minimum absolute atomic E-state index is 0.238. The van der Waals surface area contributed by atoms with E-state index in [1.165, 1.54) is 12.1 Å². The van der Waals surface area contributed by atoms with Crippen LogP contribution in [0.2, 0.25) is 0 Å². The molecule has 0 spiro atoms. The van der Waals surface area contributed by atoms with Gasteiger partial charge in [-0.3, -0.25) is 0 Å². The van der Waals surface area contributed by atoms with Crippen molar-refractivity contribution in [1.29, 1.82) is 0 Å². The first-order chi connectivity index (χ1) is 13.1. The van der Waals surface area contributed by atoms with E-state index >= 15 is 0 Å². The van der Waals surface area contributed by atoms with Gasteiger partial charge in [0.15, 0.2) is 11.5 Å². The Morgan fingerprint density at radius 1 is 1.04 bits per heavy atom. The quantitative estimate of drug-likeness (QED) is 0.565. The second-order valence-electron chi connectivity index (χ2n) is 5.83. The summed E-state index contributed by atoms with van der Waals surface area (Å²) >= 11 is 0. The number of hydrogen-bond acceptors (Lipinski definition) is 5. The third kappa shape index (κ3) is 3.32. The lowest BCUT2D eigenvalue weighted by molar-refractivity contribution is 0.0696. The molecule has 2 N–H and O–H groups in total. The van der Waals surface area contributed by atoms with Gasteiger partial charge < -0.3 is 10.4 Å². The molecule has 0 saturated heterocycles. The molecule has 134 valence electrons. The molecule has 0 radical (unpaired) electrons. The number of nitrogens with zero attached hydrogens (tertiary/aromatic N) is 4. The van der Waals surface area contributed by atoms with E-state index in [-0.39, 0.29) is 11.4 Å². The van der Waals surface area contributed by atoms with Gasteiger partial charge in [-0.15, -0.1) is 15.3 Å². The molecule has 0 aliphatic carbocycles. The molecule has 0 aliphatic heterocycles. The molecule has 2 heterocycles. The number of aromatic nitrogens is 4. The van der Waals surface area contributed by atoms with Gasteiger partial charge >= 0.3 is 5.97 Å². The molecule has 27 heavy (non-hydrogen) atoms. The average molecular weight is 363 g/mol. The summed E-state index contributed by atoms with van der Waals surface area (Å²) in [5.74, 6) is -0.293. The van der Waals surface area contributed by atoms with Crippen LogP contribution in [0.1, 0.15) is 15.9 Å². The minimum Gasteiger partial charge on any atom is -0.478 e. The summed E-state index contributed by atoms with van der Waals surface area (Å²) in [6.45, 7) is 0.301. The van der Waals surface area contributed by atoms with Crippen LogP contribution < -0.4 is 5.32 Å². The van der Waals surface area contributed by atoms with Gasteiger partial charge in [0.05, 0.1) is 5.56 Å². The molecule has 4 aromatic rings. The van der Waals surface area contributed by atoms with E-state index < -0.39 is 5.97 Å². The van der Waals surface area contributed by atoms with Crippen LogP contribution in [0.25, 0.3) is 17.0 Å². The van der Waals surface area contributed by atoms with E-state index in [2.05, 4.69) is 20.6 Å². The Balaban J connectivity index is 1.63. The highest BCUT2D eigenvalue weighted by atomic mass is 19.1. The summed E-state index contributed by atoms with van der Waals surface area (Å²) in [5.41, 5.74) is 2.12. The number of anilines is 1.